The average molecular weight is 665 g/mol. The van der Waals surface area contributed by atoms with Crippen molar-refractivity contribution in [2.75, 3.05) is 36.3 Å². The largest absolute Gasteiger partial charge is 0.480 e. The maximum absolute atomic E-state index is 12.5. The van der Waals surface area contributed by atoms with Crippen molar-refractivity contribution >= 4 is 61.9 Å². The monoisotopic (exact) mass is 664 g/mol. The number of hydrogen-bond donors (Lipinski definition) is 9. The van der Waals surface area contributed by atoms with Crippen LogP contribution >= 0.6 is 38.4 Å². The molecule has 0 radical (unpaired) electrons. The van der Waals surface area contributed by atoms with Gasteiger partial charge in [0.15, 0.2) is 0 Å². The highest BCUT2D eigenvalue weighted by Gasteiger charge is 2.58. The van der Waals surface area contributed by atoms with Crippen molar-refractivity contribution in [3.05, 3.63) is 29.8 Å². The summed E-state index contributed by atoms with van der Waals surface area (Å²) in [6.45, 7) is 0.867. The first-order chi connectivity index (χ1) is 19.0. The first kappa shape index (κ1) is 37.3. The molecule has 0 fully saturated rings. The summed E-state index contributed by atoms with van der Waals surface area (Å²) < 4.78 is 22.7. The molecule has 0 bridgehead atoms. The van der Waals surface area contributed by atoms with E-state index in [0.29, 0.717) is 24.8 Å². The number of nitrogens with one attached hydrogen (secondary N) is 2. The summed E-state index contributed by atoms with van der Waals surface area (Å²) >= 11 is 11.7. The van der Waals surface area contributed by atoms with E-state index in [2.05, 4.69) is 10.6 Å². The summed E-state index contributed by atoms with van der Waals surface area (Å²) in [6, 6.07) is 4.68. The summed E-state index contributed by atoms with van der Waals surface area (Å²) in [5, 5.41) is 20.2. The zero-order valence-corrected chi connectivity index (χ0v) is 25.2. The highest BCUT2D eigenvalue weighted by molar-refractivity contribution is 7.72. The van der Waals surface area contributed by atoms with E-state index in [9.17, 15) is 33.7 Å². The van der Waals surface area contributed by atoms with Crippen LogP contribution in [0.25, 0.3) is 0 Å². The molecular weight excluding hydrogens is 629 g/mol. The Bertz CT molecular complexity index is 1090. The van der Waals surface area contributed by atoms with Crippen molar-refractivity contribution in [1.82, 2.24) is 10.6 Å². The molecule has 2 amide bonds. The molecule has 2 atom stereocenters. The minimum atomic E-state index is -5.61. The van der Waals surface area contributed by atoms with Crippen LogP contribution in [0.2, 0.25) is 0 Å². The lowest BCUT2D eigenvalue weighted by Gasteiger charge is -2.29. The lowest BCUT2D eigenvalue weighted by atomic mass is 10.0. The van der Waals surface area contributed by atoms with Crippen LogP contribution in [0.4, 0.5) is 5.69 Å². The van der Waals surface area contributed by atoms with Gasteiger partial charge in [0.25, 0.3) is 5.08 Å². The molecule has 0 spiro atoms. The number of carbonyl (C=O) groups is 3. The van der Waals surface area contributed by atoms with E-state index in [1.807, 2.05) is 17.0 Å². The molecule has 0 saturated carbocycles. The van der Waals surface area contributed by atoms with E-state index < -0.39 is 63.0 Å². The van der Waals surface area contributed by atoms with Gasteiger partial charge in [-0.1, -0.05) is 12.1 Å². The molecule has 19 heteroatoms. The van der Waals surface area contributed by atoms with Crippen molar-refractivity contribution in [3.63, 3.8) is 0 Å². The van der Waals surface area contributed by atoms with E-state index in [4.69, 9.17) is 48.5 Å². The molecule has 0 aromatic heterocycles. The zero-order valence-electron chi connectivity index (χ0n) is 21.9. The average Bonchev–Trinajstić information content (AvgIpc) is 2.87. The van der Waals surface area contributed by atoms with Crippen molar-refractivity contribution in [1.29, 1.82) is 0 Å². The predicted octanol–water partition coefficient (Wildman–Crippen LogP) is 0.0879. The smallest absolute Gasteiger partial charge is 0.369 e. The third-order valence-corrected chi connectivity index (χ3v) is 10.2. The first-order valence-electron chi connectivity index (χ1n) is 12.3. The Balaban J connectivity index is 2.60. The maximum atomic E-state index is 12.5. The molecule has 1 rings (SSSR count). The van der Waals surface area contributed by atoms with E-state index in [1.165, 1.54) is 0 Å². The Labute approximate surface area is 246 Å². The number of rotatable bonds is 19. The van der Waals surface area contributed by atoms with Crippen molar-refractivity contribution in [2.45, 2.75) is 49.3 Å². The molecule has 1 aromatic rings. The molecule has 0 aliphatic heterocycles. The molecule has 0 saturated heterocycles. The van der Waals surface area contributed by atoms with Crippen molar-refractivity contribution in [2.24, 2.45) is 5.73 Å². The second-order valence-electron chi connectivity index (χ2n) is 9.10. The number of nitrogens with two attached hydrogens (primary N) is 1. The quantitative estimate of drug-likeness (QED) is 0.0540. The summed E-state index contributed by atoms with van der Waals surface area (Å²) in [7, 11) is -11.2. The van der Waals surface area contributed by atoms with E-state index >= 15 is 0 Å². The van der Waals surface area contributed by atoms with Crippen LogP contribution in [-0.4, -0.2) is 96.1 Å². The van der Waals surface area contributed by atoms with Gasteiger partial charge in [0.1, 0.15) is 6.04 Å². The van der Waals surface area contributed by atoms with Crippen LogP contribution in [0.5, 0.6) is 0 Å². The SMILES string of the molecule is N[C@@H](Cc1ccc(N(CCCl)CCCl)cc1)C(=O)N[C@@H](CCC(=O)NCCCC(O)(P(=O)(O)O)P(=O)(O)O)C(=O)O. The van der Waals surface area contributed by atoms with E-state index in [-0.39, 0.29) is 25.8 Å². The van der Waals surface area contributed by atoms with Crippen LogP contribution in [0.15, 0.2) is 24.3 Å². The summed E-state index contributed by atoms with van der Waals surface area (Å²) in [5.74, 6) is -2.03. The molecule has 1 aromatic carbocycles. The number of aliphatic carboxylic acids is 1. The van der Waals surface area contributed by atoms with Crippen molar-refractivity contribution in [3.8, 4) is 0 Å². The highest BCUT2D eigenvalue weighted by Crippen LogP contribution is 2.69. The molecule has 10 N–H and O–H groups in total. The number of nitrogens with zero attached hydrogens (tertiary/aromatic N) is 1. The van der Waals surface area contributed by atoms with Gasteiger partial charge in [0.05, 0.1) is 6.04 Å². The van der Waals surface area contributed by atoms with Gasteiger partial charge >= 0.3 is 21.2 Å². The topological polar surface area (TPSA) is 260 Å². The normalized spacial score (nSPS) is 13.8. The predicted molar refractivity (Wildman–Crippen MR) is 152 cm³/mol. The lowest BCUT2D eigenvalue weighted by molar-refractivity contribution is -0.142. The maximum Gasteiger partial charge on any atom is 0.369 e. The van der Waals surface area contributed by atoms with Gasteiger partial charge < -0.3 is 51.1 Å². The van der Waals surface area contributed by atoms with Gasteiger partial charge in [0.2, 0.25) is 11.8 Å². The van der Waals surface area contributed by atoms with Crippen LogP contribution in [-0.2, 0) is 29.9 Å². The lowest BCUT2D eigenvalue weighted by Crippen LogP contribution is -2.49. The Hall–Kier alpha value is -1.77. The number of amides is 2. The number of benzene rings is 1. The van der Waals surface area contributed by atoms with Gasteiger partial charge in [-0.25, -0.2) is 4.79 Å². The summed E-state index contributed by atoms with van der Waals surface area (Å²) in [5.41, 5.74) is 7.57. The Morgan fingerprint density at radius 1 is 1.00 bits per heavy atom. The number of alkyl halides is 2. The van der Waals surface area contributed by atoms with E-state index in [0.717, 1.165) is 11.3 Å². The van der Waals surface area contributed by atoms with Crippen LogP contribution in [0.3, 0.4) is 0 Å². The minimum absolute atomic E-state index is 0.111. The van der Waals surface area contributed by atoms with Gasteiger partial charge in [-0.3, -0.25) is 18.7 Å². The zero-order chi connectivity index (χ0) is 31.4. The third-order valence-electron chi connectivity index (χ3n) is 6.02. The molecule has 0 heterocycles. The number of anilines is 1. The Kier molecular flexibility index (Phi) is 15.2. The number of hydrogen-bond acceptors (Lipinski definition) is 8. The van der Waals surface area contributed by atoms with Gasteiger partial charge in [-0.2, -0.15) is 0 Å². The summed E-state index contributed by atoms with van der Waals surface area (Å²) in [4.78, 5) is 74.7. The second kappa shape index (κ2) is 16.8. The number of carbonyl (C=O) groups excluding carboxylic acids is 2. The van der Waals surface area contributed by atoms with Gasteiger partial charge in [-0.05, 0) is 37.0 Å². The highest BCUT2D eigenvalue weighted by atomic mass is 35.5. The molecule has 234 valence electrons. The molecule has 0 aliphatic rings. The molecular formula is C22H36Cl2N4O11P2. The number of carboxylic acids is 1. The molecule has 15 nitrogen and oxygen atoms in total. The number of carboxylic acid groups (broad SMARTS) is 1. The summed E-state index contributed by atoms with van der Waals surface area (Å²) in [6.07, 6.45) is -2.02. The minimum Gasteiger partial charge on any atom is -0.480 e. The molecule has 0 unspecified atom stereocenters. The number of aliphatic hydroxyl groups is 1. The Morgan fingerprint density at radius 2 is 1.54 bits per heavy atom. The molecule has 41 heavy (non-hydrogen) atoms. The Morgan fingerprint density at radius 3 is 2.00 bits per heavy atom. The van der Waals surface area contributed by atoms with E-state index in [1.54, 1.807) is 12.1 Å². The third kappa shape index (κ3) is 11.8. The van der Waals surface area contributed by atoms with Crippen molar-refractivity contribution < 1.29 is 53.3 Å². The molecule has 0 aliphatic carbocycles. The fourth-order valence-corrected chi connectivity index (χ4v) is 6.34. The van der Waals surface area contributed by atoms with Crippen LogP contribution in [0, 0.1) is 0 Å². The first-order valence-corrected chi connectivity index (χ1v) is 16.6. The van der Waals surface area contributed by atoms with Gasteiger partial charge in [0, 0.05) is 49.9 Å². The standard InChI is InChI=1S/C22H36Cl2N4O11P2/c23-9-12-28(13-10-24)16-4-2-15(3-5-16)14-17(25)20(30)27-18(21(31)32)6-7-19(29)26-11-1-8-22(33,40(34,35)36)41(37,38)39/h2-5,17-18,33H,1,6-14,25H2,(H,26,29)(H,27,30)(H,31,32)(H2,34,35,36)(H2,37,38,39)/t17-,18-/m0/s1. The number of halogens is 2. The fraction of sp³-hybridized carbons (Fsp3) is 0.591. The van der Waals surface area contributed by atoms with Crippen LogP contribution in [0.1, 0.15) is 31.2 Å². The van der Waals surface area contributed by atoms with Crippen LogP contribution < -0.4 is 21.3 Å². The van der Waals surface area contributed by atoms with Gasteiger partial charge in [-0.15, -0.1) is 23.2 Å². The second-order valence-corrected chi connectivity index (χ2v) is 13.9. The fourth-order valence-electron chi connectivity index (χ4n) is 3.68.